The highest BCUT2D eigenvalue weighted by Gasteiger charge is 2.41. The monoisotopic (exact) mass is 1260 g/mol. The summed E-state index contributed by atoms with van der Waals surface area (Å²) in [6.45, 7) is 23.4. The van der Waals surface area contributed by atoms with Gasteiger partial charge in [0.05, 0.1) is 75.3 Å². The molecular formula is C68H93ClO12S2Si2. The van der Waals surface area contributed by atoms with Gasteiger partial charge in [0.1, 0.15) is 34.2 Å². The van der Waals surface area contributed by atoms with Gasteiger partial charge in [0.2, 0.25) is 0 Å². The van der Waals surface area contributed by atoms with Crippen molar-refractivity contribution in [3.05, 3.63) is 191 Å². The average Bonchev–Trinajstić information content (AvgIpc) is 2.01. The van der Waals surface area contributed by atoms with Gasteiger partial charge in [-0.1, -0.05) is 164 Å². The van der Waals surface area contributed by atoms with Gasteiger partial charge in [0.15, 0.2) is 15.7 Å². The highest BCUT2D eigenvalue weighted by atomic mass is 35.6. The molecule has 0 bridgehead atoms. The third kappa shape index (κ3) is 21.0. The Hall–Kier alpha value is -5.28. The lowest BCUT2D eigenvalue weighted by atomic mass is 9.80. The van der Waals surface area contributed by atoms with Crippen LogP contribution >= 0.6 is 34.6 Å². The Morgan fingerprint density at radius 3 is 0.988 bits per heavy atom. The van der Waals surface area contributed by atoms with Gasteiger partial charge in [0, 0.05) is 28.6 Å². The molecule has 2 unspecified atom stereocenters. The molecule has 1 N–H and O–H groups in total. The second-order valence-electron chi connectivity index (χ2n) is 23.2. The maximum atomic E-state index is 12.5. The Bertz CT molecular complexity index is 2750. The minimum atomic E-state index is -1.87. The van der Waals surface area contributed by atoms with Crippen LogP contribution in [0, 0.1) is 0 Å². The average molecular weight is 1260 g/mol. The van der Waals surface area contributed by atoms with Gasteiger partial charge in [0.25, 0.3) is 0 Å². The van der Waals surface area contributed by atoms with Crippen molar-refractivity contribution in [3.63, 3.8) is 0 Å². The summed E-state index contributed by atoms with van der Waals surface area (Å²) in [6.07, 6.45) is 0.411. The standard InChI is InChI=1S/C34H46O6SSi.C28H32O6S.C6H15ClSi/c1-33(2,3)42(7,8)40-22-23-41-31(24-32(35)38-6)25-39-34(26-12-10-9-11-13-26,27-14-18-29(36-4)19-15-27)28-16-20-30(37-5)21-17-28;1-31-24-13-9-22(10-14-24)28(21-7-5-4-6-8-21,23-11-15-25(32-2)16-12-23)34-20-26(35-18-17-29)19-27(30)33-3;1-6(2,3)8(4,5)7/h9-21,31H,22-25H2,1-8H3;4-16,26,29H,17-20H2,1-3H3;1-5H3. The Labute approximate surface area is 523 Å². The number of benzene rings is 6. The first-order valence-corrected chi connectivity index (χ1v) is 37.6. The van der Waals surface area contributed by atoms with Crippen molar-refractivity contribution in [2.24, 2.45) is 0 Å². The number of hydrogen-bond donors (Lipinski definition) is 1. The number of carbonyl (C=O) groups excluding carboxylic acids is 2. The number of hydrogen-bond acceptors (Lipinski definition) is 14. The van der Waals surface area contributed by atoms with E-state index in [0.29, 0.717) is 24.0 Å². The van der Waals surface area contributed by atoms with Gasteiger partial charge in [-0.05, 0) is 105 Å². The van der Waals surface area contributed by atoms with Crippen molar-refractivity contribution >= 4 is 62.2 Å². The lowest BCUT2D eigenvalue weighted by Gasteiger charge is -2.37. The number of esters is 2. The molecule has 0 saturated heterocycles. The molecule has 17 heteroatoms. The molecule has 0 aliphatic rings. The first-order valence-electron chi connectivity index (χ1n) is 28.6. The van der Waals surface area contributed by atoms with E-state index in [1.54, 1.807) is 40.2 Å². The van der Waals surface area contributed by atoms with Gasteiger partial charge in [-0.2, -0.15) is 34.6 Å². The number of aliphatic hydroxyl groups is 1. The number of ether oxygens (including phenoxy) is 8. The van der Waals surface area contributed by atoms with Crippen LogP contribution in [0.15, 0.2) is 158 Å². The maximum Gasteiger partial charge on any atom is 0.306 e. The molecular weight excluding hydrogens is 1160 g/mol. The zero-order valence-corrected chi connectivity index (χ0v) is 57.3. The molecule has 6 rings (SSSR count). The normalized spacial score (nSPS) is 12.7. The molecule has 464 valence electrons. The van der Waals surface area contributed by atoms with Crippen LogP contribution < -0.4 is 18.9 Å². The van der Waals surface area contributed by atoms with Crippen molar-refractivity contribution in [1.29, 1.82) is 0 Å². The Morgan fingerprint density at radius 2 is 0.741 bits per heavy atom. The van der Waals surface area contributed by atoms with E-state index in [-0.39, 0.29) is 53.5 Å². The molecule has 0 radical (unpaired) electrons. The summed E-state index contributed by atoms with van der Waals surface area (Å²) < 4.78 is 52.0. The smallest absolute Gasteiger partial charge is 0.306 e. The SMILES string of the molecule is CC(C)(C)[Si](C)(C)Cl.COC(=O)CC(COC(c1ccccc1)(c1ccc(OC)cc1)c1ccc(OC)cc1)SCCO.COC(=O)CC(COC(c1ccccc1)(c1ccc(OC)cc1)c1ccc(OC)cc1)SCCO[Si](C)(C)C(C)(C)C. The number of thioether (sulfide) groups is 2. The zero-order valence-electron chi connectivity index (χ0n) is 53.0. The van der Waals surface area contributed by atoms with E-state index >= 15 is 0 Å². The van der Waals surface area contributed by atoms with Crippen molar-refractivity contribution in [2.75, 3.05) is 80.6 Å². The quantitative estimate of drug-likeness (QED) is 0.0164. The van der Waals surface area contributed by atoms with Crippen LogP contribution in [0.2, 0.25) is 36.3 Å². The van der Waals surface area contributed by atoms with Crippen molar-refractivity contribution in [1.82, 2.24) is 0 Å². The largest absolute Gasteiger partial charge is 0.497 e. The van der Waals surface area contributed by atoms with Crippen LogP contribution in [-0.2, 0) is 44.2 Å². The van der Waals surface area contributed by atoms with E-state index in [9.17, 15) is 14.7 Å². The summed E-state index contributed by atoms with van der Waals surface area (Å²) in [5, 5.41) is 9.51. The Balaban J connectivity index is 0.000000326. The predicted molar refractivity (Wildman–Crippen MR) is 356 cm³/mol. The Morgan fingerprint density at radius 1 is 0.459 bits per heavy atom. The van der Waals surface area contributed by atoms with E-state index in [4.69, 9.17) is 53.4 Å². The van der Waals surface area contributed by atoms with Crippen LogP contribution in [0.1, 0.15) is 87.8 Å². The number of aliphatic hydroxyl groups excluding tert-OH is 1. The molecule has 0 aliphatic carbocycles. The molecule has 0 aliphatic heterocycles. The van der Waals surface area contributed by atoms with E-state index in [1.807, 2.05) is 146 Å². The van der Waals surface area contributed by atoms with Crippen molar-refractivity contribution in [2.45, 2.75) is 112 Å². The van der Waals surface area contributed by atoms with Gasteiger partial charge in [-0.25, -0.2) is 0 Å². The third-order valence-corrected chi connectivity index (χ3v) is 27.7. The molecule has 6 aromatic rings. The number of carbonyl (C=O) groups is 2. The van der Waals surface area contributed by atoms with E-state index < -0.39 is 26.9 Å². The second-order valence-corrected chi connectivity index (χ2v) is 38.1. The fraction of sp³-hybridized carbons (Fsp3) is 0.441. The van der Waals surface area contributed by atoms with Crippen LogP contribution in [0.4, 0.5) is 0 Å². The molecule has 0 spiro atoms. The van der Waals surface area contributed by atoms with Gasteiger partial charge in [-0.3, -0.25) is 9.59 Å². The van der Waals surface area contributed by atoms with Crippen LogP contribution in [0.3, 0.4) is 0 Å². The summed E-state index contributed by atoms with van der Waals surface area (Å²) in [5.41, 5.74) is 3.73. The summed E-state index contributed by atoms with van der Waals surface area (Å²) in [6, 6.07) is 51.7. The number of halogens is 1. The molecule has 12 nitrogen and oxygen atoms in total. The summed E-state index contributed by atoms with van der Waals surface area (Å²) in [7, 11) is 6.12. The molecule has 2 atom stereocenters. The summed E-state index contributed by atoms with van der Waals surface area (Å²) >= 11 is 9.32. The lowest BCUT2D eigenvalue weighted by Crippen LogP contribution is -2.41. The van der Waals surface area contributed by atoms with Crippen molar-refractivity contribution in [3.8, 4) is 23.0 Å². The molecule has 0 saturated carbocycles. The summed E-state index contributed by atoms with van der Waals surface area (Å²) in [5.74, 6) is 3.67. The highest BCUT2D eigenvalue weighted by Crippen LogP contribution is 2.45. The molecule has 0 heterocycles. The second kappa shape index (κ2) is 34.3. The number of rotatable bonds is 28. The van der Waals surface area contributed by atoms with E-state index in [1.165, 1.54) is 26.0 Å². The summed E-state index contributed by atoms with van der Waals surface area (Å²) in [4.78, 5) is 24.6. The van der Waals surface area contributed by atoms with Crippen LogP contribution in [0.5, 0.6) is 23.0 Å². The maximum absolute atomic E-state index is 12.5. The van der Waals surface area contributed by atoms with Gasteiger partial charge < -0.3 is 47.4 Å². The first kappa shape index (κ1) is 72.2. The van der Waals surface area contributed by atoms with Crippen molar-refractivity contribution < 1.29 is 57.0 Å². The number of methoxy groups -OCH3 is 6. The molecule has 0 fully saturated rings. The van der Waals surface area contributed by atoms with E-state index in [2.05, 4.69) is 79.9 Å². The fourth-order valence-corrected chi connectivity index (χ4v) is 11.4. The van der Waals surface area contributed by atoms with Crippen LogP contribution in [0.25, 0.3) is 0 Å². The highest BCUT2D eigenvalue weighted by molar-refractivity contribution is 8.00. The van der Waals surface area contributed by atoms with E-state index in [0.717, 1.165) is 62.1 Å². The molecule has 0 amide bonds. The predicted octanol–water partition coefficient (Wildman–Crippen LogP) is 15.6. The minimum Gasteiger partial charge on any atom is -0.497 e. The third-order valence-electron chi connectivity index (χ3n) is 15.5. The van der Waals surface area contributed by atoms with Gasteiger partial charge >= 0.3 is 11.9 Å². The van der Waals surface area contributed by atoms with Crippen LogP contribution in [-0.4, -0.2) is 124 Å². The van der Waals surface area contributed by atoms with Gasteiger partial charge in [-0.15, -0.1) is 0 Å². The fourth-order valence-electron chi connectivity index (χ4n) is 8.40. The topological polar surface area (TPSA) is 137 Å². The Kier molecular flexibility index (Phi) is 29.1. The zero-order chi connectivity index (χ0) is 62.9. The molecule has 0 aromatic heterocycles. The lowest BCUT2D eigenvalue weighted by molar-refractivity contribution is -0.141. The first-order chi connectivity index (χ1) is 40.3. The molecule has 6 aromatic carbocycles. The minimum absolute atomic E-state index is 0.0170. The molecule has 85 heavy (non-hydrogen) atoms.